The minimum atomic E-state index is -0.116. The van der Waals surface area contributed by atoms with Crippen LogP contribution in [0.1, 0.15) is 45.2 Å². The summed E-state index contributed by atoms with van der Waals surface area (Å²) in [4.78, 5) is 11.9. The van der Waals surface area contributed by atoms with Crippen molar-refractivity contribution in [3.8, 4) is 11.5 Å². The molecule has 0 saturated carbocycles. The molecule has 0 aliphatic heterocycles. The normalized spacial score (nSPS) is 11.7. The lowest BCUT2D eigenvalue weighted by molar-refractivity contribution is 0.0989. The van der Waals surface area contributed by atoms with Crippen molar-refractivity contribution in [2.75, 3.05) is 13.2 Å². The highest BCUT2D eigenvalue weighted by molar-refractivity contribution is 6.11. The Morgan fingerprint density at radius 3 is 2.00 bits per heavy atom. The van der Waals surface area contributed by atoms with E-state index in [1.165, 1.54) is 6.92 Å². The van der Waals surface area contributed by atoms with E-state index in [2.05, 4.69) is 27.7 Å². The molecule has 0 aliphatic carbocycles. The van der Waals surface area contributed by atoms with Crippen LogP contribution in [0.15, 0.2) is 34.7 Å². The molecule has 138 valence electrons. The third kappa shape index (κ3) is 3.55. The summed E-state index contributed by atoms with van der Waals surface area (Å²) in [5.41, 5.74) is 0.577. The number of ether oxygens (including phenoxy) is 2. The van der Waals surface area contributed by atoms with Crippen LogP contribution in [0.2, 0.25) is 0 Å². The maximum absolute atomic E-state index is 11.9. The topological polar surface area (TPSA) is 48.7 Å². The van der Waals surface area contributed by atoms with Gasteiger partial charge in [-0.05, 0) is 17.9 Å². The molecule has 2 aromatic carbocycles. The van der Waals surface area contributed by atoms with Gasteiger partial charge in [-0.1, -0.05) is 52.0 Å². The van der Waals surface area contributed by atoms with Crippen LogP contribution in [-0.4, -0.2) is 19.0 Å². The molecule has 3 rings (SSSR count). The smallest absolute Gasteiger partial charge is 0.194 e. The van der Waals surface area contributed by atoms with Crippen LogP contribution in [-0.2, 0) is 0 Å². The summed E-state index contributed by atoms with van der Waals surface area (Å²) in [5.74, 6) is 2.39. The Labute approximate surface area is 154 Å². The number of benzene rings is 2. The number of fused-ring (bicyclic) bond motifs is 2. The molecule has 0 N–H and O–H groups in total. The molecule has 3 aromatic rings. The van der Waals surface area contributed by atoms with Gasteiger partial charge < -0.3 is 13.9 Å². The molecule has 4 heteroatoms. The SMILES string of the molecule is CC(=O)c1cc2c(OCC(C)C)c3ccccc3c(OCC(C)C)c2o1. The van der Waals surface area contributed by atoms with E-state index in [9.17, 15) is 4.79 Å². The van der Waals surface area contributed by atoms with Gasteiger partial charge in [0.15, 0.2) is 22.9 Å². The van der Waals surface area contributed by atoms with Gasteiger partial charge in [-0.15, -0.1) is 0 Å². The van der Waals surface area contributed by atoms with Gasteiger partial charge in [0.1, 0.15) is 5.75 Å². The minimum absolute atomic E-state index is 0.116. The fourth-order valence-corrected chi connectivity index (χ4v) is 2.85. The maximum Gasteiger partial charge on any atom is 0.194 e. The Bertz CT molecular complexity index is 866. The van der Waals surface area contributed by atoms with Crippen LogP contribution in [0.25, 0.3) is 21.7 Å². The fraction of sp³-hybridized carbons (Fsp3) is 0.409. The van der Waals surface area contributed by atoms with Crippen molar-refractivity contribution in [2.24, 2.45) is 11.8 Å². The van der Waals surface area contributed by atoms with E-state index in [4.69, 9.17) is 13.9 Å². The van der Waals surface area contributed by atoms with Crippen molar-refractivity contribution < 1.29 is 18.7 Å². The van der Waals surface area contributed by atoms with E-state index < -0.39 is 0 Å². The van der Waals surface area contributed by atoms with Gasteiger partial charge >= 0.3 is 0 Å². The van der Waals surface area contributed by atoms with Crippen molar-refractivity contribution in [3.05, 3.63) is 36.1 Å². The quantitative estimate of drug-likeness (QED) is 0.499. The third-order valence-electron chi connectivity index (χ3n) is 4.07. The Morgan fingerprint density at radius 2 is 1.46 bits per heavy atom. The van der Waals surface area contributed by atoms with Crippen molar-refractivity contribution >= 4 is 27.5 Å². The molecule has 0 atom stereocenters. The molecule has 0 saturated heterocycles. The first-order valence-electron chi connectivity index (χ1n) is 9.13. The van der Waals surface area contributed by atoms with E-state index >= 15 is 0 Å². The summed E-state index contributed by atoms with van der Waals surface area (Å²) < 4.78 is 18.1. The number of hydrogen-bond donors (Lipinski definition) is 0. The van der Waals surface area contributed by atoms with Gasteiger partial charge in [0, 0.05) is 17.7 Å². The van der Waals surface area contributed by atoms with Crippen molar-refractivity contribution in [1.29, 1.82) is 0 Å². The van der Waals surface area contributed by atoms with Crippen molar-refractivity contribution in [2.45, 2.75) is 34.6 Å². The Hall–Kier alpha value is -2.49. The average Bonchev–Trinajstić information content (AvgIpc) is 3.02. The number of furan rings is 1. The lowest BCUT2D eigenvalue weighted by Crippen LogP contribution is -2.07. The van der Waals surface area contributed by atoms with E-state index in [0.29, 0.717) is 42.1 Å². The molecule has 0 aliphatic rings. The van der Waals surface area contributed by atoms with Gasteiger partial charge in [0.2, 0.25) is 0 Å². The highest BCUT2D eigenvalue weighted by atomic mass is 16.5. The van der Waals surface area contributed by atoms with Crippen LogP contribution in [0.5, 0.6) is 11.5 Å². The molecule has 4 nitrogen and oxygen atoms in total. The second-order valence-corrected chi connectivity index (χ2v) is 7.52. The zero-order chi connectivity index (χ0) is 18.8. The van der Waals surface area contributed by atoms with E-state index in [-0.39, 0.29) is 5.78 Å². The van der Waals surface area contributed by atoms with Crippen molar-refractivity contribution in [1.82, 2.24) is 0 Å². The third-order valence-corrected chi connectivity index (χ3v) is 4.07. The molecule has 0 radical (unpaired) electrons. The van der Waals surface area contributed by atoms with Gasteiger partial charge in [0.05, 0.1) is 18.6 Å². The molecule has 26 heavy (non-hydrogen) atoms. The summed E-state index contributed by atoms with van der Waals surface area (Å²) in [6.45, 7) is 11.1. The highest BCUT2D eigenvalue weighted by Gasteiger charge is 2.22. The molecule has 1 heterocycles. The van der Waals surface area contributed by atoms with Gasteiger partial charge in [0.25, 0.3) is 0 Å². The van der Waals surface area contributed by atoms with Crippen molar-refractivity contribution in [3.63, 3.8) is 0 Å². The van der Waals surface area contributed by atoms with Crippen LogP contribution >= 0.6 is 0 Å². The number of ketones is 1. The Kier molecular flexibility index (Phi) is 5.21. The van der Waals surface area contributed by atoms with Gasteiger partial charge in [-0.3, -0.25) is 4.79 Å². The van der Waals surface area contributed by atoms with Crippen LogP contribution in [0, 0.1) is 11.8 Å². The van der Waals surface area contributed by atoms with Gasteiger partial charge in [-0.25, -0.2) is 0 Å². The second kappa shape index (κ2) is 7.40. The highest BCUT2D eigenvalue weighted by Crippen LogP contribution is 2.44. The minimum Gasteiger partial charge on any atom is -0.492 e. The molecule has 0 bridgehead atoms. The number of Topliss-reactive ketones (excluding diaryl/α,β-unsaturated/α-hetero) is 1. The molecule has 0 amide bonds. The fourth-order valence-electron chi connectivity index (χ4n) is 2.85. The zero-order valence-corrected chi connectivity index (χ0v) is 16.1. The predicted octanol–water partition coefficient (Wildman–Crippen LogP) is 5.86. The summed E-state index contributed by atoms with van der Waals surface area (Å²) in [5, 5.41) is 2.69. The Balaban J connectivity index is 2.29. The summed E-state index contributed by atoms with van der Waals surface area (Å²) >= 11 is 0. The van der Waals surface area contributed by atoms with Gasteiger partial charge in [-0.2, -0.15) is 0 Å². The van der Waals surface area contributed by atoms with E-state index in [1.807, 2.05) is 24.3 Å². The first-order chi connectivity index (χ1) is 12.4. The first-order valence-corrected chi connectivity index (χ1v) is 9.13. The Morgan fingerprint density at radius 1 is 0.923 bits per heavy atom. The second-order valence-electron chi connectivity index (χ2n) is 7.52. The van der Waals surface area contributed by atoms with Crippen LogP contribution < -0.4 is 9.47 Å². The summed E-state index contributed by atoms with van der Waals surface area (Å²) in [6.07, 6.45) is 0. The molecule has 1 aromatic heterocycles. The van der Waals surface area contributed by atoms with Crippen LogP contribution in [0.3, 0.4) is 0 Å². The summed E-state index contributed by atoms with van der Waals surface area (Å²) in [6, 6.07) is 9.74. The van der Waals surface area contributed by atoms with E-state index in [1.54, 1.807) is 6.07 Å². The lowest BCUT2D eigenvalue weighted by Gasteiger charge is -2.16. The lowest BCUT2D eigenvalue weighted by atomic mass is 10.0. The number of hydrogen-bond acceptors (Lipinski definition) is 4. The predicted molar refractivity (Wildman–Crippen MR) is 104 cm³/mol. The molecular formula is C22H26O4. The van der Waals surface area contributed by atoms with Crippen LogP contribution in [0.4, 0.5) is 0 Å². The molecule has 0 fully saturated rings. The van der Waals surface area contributed by atoms with E-state index in [0.717, 1.165) is 21.9 Å². The monoisotopic (exact) mass is 354 g/mol. The number of carbonyl (C=O) groups is 1. The standard InChI is InChI=1S/C22H26O4/c1-13(2)11-24-20-16-8-6-7-9-17(16)21(25-12-14(3)4)22-18(20)10-19(26-22)15(5)23/h6-10,13-14H,11-12H2,1-5H3. The summed E-state index contributed by atoms with van der Waals surface area (Å²) in [7, 11) is 0. The molecular weight excluding hydrogens is 328 g/mol. The average molecular weight is 354 g/mol. The number of rotatable bonds is 7. The largest absolute Gasteiger partial charge is 0.492 e. The zero-order valence-electron chi connectivity index (χ0n) is 16.1. The molecule has 0 spiro atoms. The molecule has 0 unspecified atom stereocenters. The first kappa shape index (κ1) is 18.3. The number of carbonyl (C=O) groups excluding carboxylic acids is 1. The maximum atomic E-state index is 11.9.